The van der Waals surface area contributed by atoms with Gasteiger partial charge in [0.05, 0.1) is 0 Å². The molecule has 1 unspecified atom stereocenters. The number of carbonyl (C=O) groups is 2. The highest BCUT2D eigenvalue weighted by Gasteiger charge is 2.30. The van der Waals surface area contributed by atoms with Gasteiger partial charge in [-0.15, -0.1) is 0 Å². The minimum absolute atomic E-state index is 0.0300. The van der Waals surface area contributed by atoms with E-state index in [1.807, 2.05) is 6.92 Å². The largest absolute Gasteiger partial charge is 0.359 e. The van der Waals surface area contributed by atoms with Gasteiger partial charge in [-0.3, -0.25) is 9.59 Å². The minimum Gasteiger partial charge on any atom is -0.359 e. The van der Waals surface area contributed by atoms with Gasteiger partial charge in [0.2, 0.25) is 11.8 Å². The van der Waals surface area contributed by atoms with Crippen molar-refractivity contribution < 1.29 is 9.59 Å². The van der Waals surface area contributed by atoms with Crippen molar-refractivity contribution in [1.29, 1.82) is 0 Å². The molecule has 1 rings (SSSR count). The van der Waals surface area contributed by atoms with Crippen LogP contribution in [0.25, 0.3) is 0 Å². The van der Waals surface area contributed by atoms with E-state index in [9.17, 15) is 9.59 Å². The molecule has 92 valence electrons. The zero-order valence-corrected chi connectivity index (χ0v) is 10.2. The van der Waals surface area contributed by atoms with E-state index in [0.717, 1.165) is 13.1 Å². The summed E-state index contributed by atoms with van der Waals surface area (Å²) in [6.07, 6.45) is 0.369. The van der Waals surface area contributed by atoms with Crippen LogP contribution >= 0.6 is 0 Å². The van der Waals surface area contributed by atoms with E-state index >= 15 is 0 Å². The molecule has 0 aromatic heterocycles. The average molecular weight is 227 g/mol. The van der Waals surface area contributed by atoms with Crippen molar-refractivity contribution in [3.8, 4) is 0 Å². The van der Waals surface area contributed by atoms with Crippen LogP contribution in [0.3, 0.4) is 0 Å². The fourth-order valence-corrected chi connectivity index (χ4v) is 1.72. The molecule has 16 heavy (non-hydrogen) atoms. The normalized spacial score (nSPS) is 17.4. The Balaban J connectivity index is 2.31. The lowest BCUT2D eigenvalue weighted by Gasteiger charge is -2.33. The van der Waals surface area contributed by atoms with E-state index in [2.05, 4.69) is 10.6 Å². The van der Waals surface area contributed by atoms with E-state index in [4.69, 9.17) is 0 Å². The Morgan fingerprint density at radius 3 is 2.56 bits per heavy atom. The number of rotatable bonds is 5. The van der Waals surface area contributed by atoms with Crippen molar-refractivity contribution in [3.63, 3.8) is 0 Å². The summed E-state index contributed by atoms with van der Waals surface area (Å²) in [5.41, 5.74) is 0. The van der Waals surface area contributed by atoms with Crippen molar-refractivity contribution in [1.82, 2.24) is 15.5 Å². The zero-order valence-electron chi connectivity index (χ0n) is 10.2. The molecule has 2 N–H and O–H groups in total. The number of carbonyl (C=O) groups excluding carboxylic acids is 2. The van der Waals surface area contributed by atoms with Gasteiger partial charge in [0.25, 0.3) is 0 Å². The van der Waals surface area contributed by atoms with Crippen LogP contribution in [-0.4, -0.2) is 50.4 Å². The zero-order chi connectivity index (χ0) is 12.1. The molecule has 0 saturated carbocycles. The Kier molecular flexibility index (Phi) is 4.73. The first-order valence-electron chi connectivity index (χ1n) is 5.72. The average Bonchev–Trinajstić information content (AvgIpc) is 2.21. The van der Waals surface area contributed by atoms with Crippen molar-refractivity contribution >= 4 is 11.8 Å². The summed E-state index contributed by atoms with van der Waals surface area (Å²) >= 11 is 0. The molecule has 1 fully saturated rings. The molecule has 0 aromatic rings. The first-order valence-corrected chi connectivity index (χ1v) is 5.72. The van der Waals surface area contributed by atoms with Gasteiger partial charge < -0.3 is 15.5 Å². The van der Waals surface area contributed by atoms with Crippen molar-refractivity contribution in [2.24, 2.45) is 11.8 Å². The van der Waals surface area contributed by atoms with Crippen LogP contribution in [-0.2, 0) is 9.59 Å². The van der Waals surface area contributed by atoms with E-state index < -0.39 is 0 Å². The molecular formula is C11H21N3O2. The van der Waals surface area contributed by atoms with E-state index in [1.54, 1.807) is 19.0 Å². The van der Waals surface area contributed by atoms with Gasteiger partial charge in [-0.05, 0) is 19.0 Å². The molecule has 0 spiro atoms. The molecule has 1 saturated heterocycles. The molecule has 1 aliphatic rings. The lowest BCUT2D eigenvalue weighted by Crippen LogP contribution is -2.50. The summed E-state index contributed by atoms with van der Waals surface area (Å²) < 4.78 is 0. The fourth-order valence-electron chi connectivity index (χ4n) is 1.72. The molecular weight excluding hydrogens is 206 g/mol. The van der Waals surface area contributed by atoms with Gasteiger partial charge >= 0.3 is 0 Å². The Morgan fingerprint density at radius 2 is 2.12 bits per heavy atom. The van der Waals surface area contributed by atoms with Crippen LogP contribution in [0.15, 0.2) is 0 Å². The Bertz CT molecular complexity index is 264. The number of nitrogens with one attached hydrogen (secondary N) is 2. The van der Waals surface area contributed by atoms with E-state index in [-0.39, 0.29) is 17.7 Å². The lowest BCUT2D eigenvalue weighted by atomic mass is 9.88. The molecule has 5 heteroatoms. The predicted molar refractivity (Wildman–Crippen MR) is 61.8 cm³/mol. The number of hydrogen-bond acceptors (Lipinski definition) is 3. The van der Waals surface area contributed by atoms with Crippen molar-refractivity contribution in [2.75, 3.05) is 33.7 Å². The van der Waals surface area contributed by atoms with E-state index in [0.29, 0.717) is 18.9 Å². The standard InChI is InChI=1S/C11H21N3O2/c1-8(9-6-13-7-9)11(16)14(3)5-4-10(15)12-2/h8-9,13H,4-7H2,1-3H3,(H,12,15). The highest BCUT2D eigenvalue weighted by molar-refractivity contribution is 5.80. The number of nitrogens with zero attached hydrogens (tertiary/aromatic N) is 1. The minimum atomic E-state index is -0.0300. The third kappa shape index (κ3) is 3.20. The van der Waals surface area contributed by atoms with Crippen LogP contribution in [0, 0.1) is 11.8 Å². The van der Waals surface area contributed by atoms with Gasteiger partial charge in [-0.25, -0.2) is 0 Å². The van der Waals surface area contributed by atoms with Gasteiger partial charge in [0.15, 0.2) is 0 Å². The topological polar surface area (TPSA) is 61.4 Å². The monoisotopic (exact) mass is 227 g/mol. The van der Waals surface area contributed by atoms with Gasteiger partial charge in [0.1, 0.15) is 0 Å². The summed E-state index contributed by atoms with van der Waals surface area (Å²) in [5, 5.41) is 5.71. The van der Waals surface area contributed by atoms with Crippen molar-refractivity contribution in [2.45, 2.75) is 13.3 Å². The maximum absolute atomic E-state index is 11.9. The maximum atomic E-state index is 11.9. The van der Waals surface area contributed by atoms with Crippen molar-refractivity contribution in [3.05, 3.63) is 0 Å². The maximum Gasteiger partial charge on any atom is 0.225 e. The van der Waals surface area contributed by atoms with E-state index in [1.165, 1.54) is 0 Å². The molecule has 0 aliphatic carbocycles. The summed E-state index contributed by atoms with van der Waals surface area (Å²) in [6.45, 7) is 4.31. The van der Waals surface area contributed by atoms with Crippen LogP contribution in [0.4, 0.5) is 0 Å². The molecule has 5 nitrogen and oxygen atoms in total. The van der Waals surface area contributed by atoms with Gasteiger partial charge in [-0.2, -0.15) is 0 Å². The highest BCUT2D eigenvalue weighted by atomic mass is 16.2. The molecule has 1 aliphatic heterocycles. The second-order valence-electron chi connectivity index (χ2n) is 4.39. The lowest BCUT2D eigenvalue weighted by molar-refractivity contribution is -0.136. The second-order valence-corrected chi connectivity index (χ2v) is 4.39. The third-order valence-corrected chi connectivity index (χ3v) is 3.24. The van der Waals surface area contributed by atoms with Crippen LogP contribution in [0.5, 0.6) is 0 Å². The Morgan fingerprint density at radius 1 is 1.50 bits per heavy atom. The van der Waals surface area contributed by atoms with Crippen LogP contribution in [0.2, 0.25) is 0 Å². The molecule has 1 atom stereocenters. The Hall–Kier alpha value is -1.10. The first-order chi connectivity index (χ1) is 7.56. The molecule has 0 bridgehead atoms. The molecule has 0 aromatic carbocycles. The predicted octanol–water partition coefficient (Wildman–Crippen LogP) is -0.564. The molecule has 1 heterocycles. The second kappa shape index (κ2) is 5.84. The smallest absolute Gasteiger partial charge is 0.225 e. The van der Waals surface area contributed by atoms with Crippen LogP contribution in [0.1, 0.15) is 13.3 Å². The fraction of sp³-hybridized carbons (Fsp3) is 0.818. The SMILES string of the molecule is CNC(=O)CCN(C)C(=O)C(C)C1CNC1. The Labute approximate surface area is 96.6 Å². The third-order valence-electron chi connectivity index (χ3n) is 3.24. The summed E-state index contributed by atoms with van der Waals surface area (Å²) in [5.74, 6) is 0.610. The quantitative estimate of drug-likeness (QED) is 0.661. The molecule has 0 radical (unpaired) electrons. The summed E-state index contributed by atoms with van der Waals surface area (Å²) in [4.78, 5) is 24.6. The number of hydrogen-bond donors (Lipinski definition) is 2. The van der Waals surface area contributed by atoms with Crippen LogP contribution < -0.4 is 10.6 Å². The summed E-state index contributed by atoms with van der Waals surface area (Å²) in [7, 11) is 3.36. The first kappa shape index (κ1) is 13.0. The number of amides is 2. The molecule has 2 amide bonds. The highest BCUT2D eigenvalue weighted by Crippen LogP contribution is 2.17. The summed E-state index contributed by atoms with van der Waals surface area (Å²) in [6, 6.07) is 0. The van der Waals surface area contributed by atoms with Gasteiger partial charge in [-0.1, -0.05) is 6.92 Å². The van der Waals surface area contributed by atoms with Gasteiger partial charge in [0, 0.05) is 33.0 Å².